The van der Waals surface area contributed by atoms with Crippen molar-refractivity contribution in [1.29, 1.82) is 0 Å². The number of pyridine rings is 1. The topological polar surface area (TPSA) is 77.8 Å². The third-order valence-corrected chi connectivity index (χ3v) is 3.86. The summed E-state index contributed by atoms with van der Waals surface area (Å²) in [5.41, 5.74) is 1.01. The minimum atomic E-state index is -0.687. The maximum atomic E-state index is 11.0. The van der Waals surface area contributed by atoms with E-state index in [1.54, 1.807) is 6.20 Å². The van der Waals surface area contributed by atoms with E-state index in [4.69, 9.17) is 5.11 Å². The minimum Gasteiger partial charge on any atom is -0.481 e. The maximum absolute atomic E-state index is 11.0. The standard InChI is InChI=1S/C14H18N4O2/c19-14(20)10-3-8-18(9-4-10)13-11(2-1-5-17-13)12-15-6-7-16-12/h1-2,5,10H,3-4,6-9H2,(H,15,16)(H,19,20). The molecular formula is C14H18N4O2. The van der Waals surface area contributed by atoms with E-state index in [2.05, 4.69) is 20.2 Å². The van der Waals surface area contributed by atoms with Crippen molar-refractivity contribution in [2.24, 2.45) is 10.9 Å². The summed E-state index contributed by atoms with van der Waals surface area (Å²) in [6.07, 6.45) is 3.12. The van der Waals surface area contributed by atoms with Crippen LogP contribution in [0.4, 0.5) is 5.82 Å². The molecule has 6 heteroatoms. The van der Waals surface area contributed by atoms with Crippen molar-refractivity contribution in [1.82, 2.24) is 10.3 Å². The van der Waals surface area contributed by atoms with Gasteiger partial charge in [-0.2, -0.15) is 0 Å². The van der Waals surface area contributed by atoms with Crippen LogP contribution < -0.4 is 10.2 Å². The van der Waals surface area contributed by atoms with Crippen LogP contribution in [0, 0.1) is 5.92 Å². The summed E-state index contributed by atoms with van der Waals surface area (Å²) in [6, 6.07) is 3.92. The van der Waals surface area contributed by atoms with Crippen LogP contribution in [0.1, 0.15) is 18.4 Å². The lowest BCUT2D eigenvalue weighted by molar-refractivity contribution is -0.142. The maximum Gasteiger partial charge on any atom is 0.306 e. The fourth-order valence-electron chi connectivity index (χ4n) is 2.75. The summed E-state index contributed by atoms with van der Waals surface area (Å²) in [5.74, 6) is 0.894. The number of rotatable bonds is 3. The summed E-state index contributed by atoms with van der Waals surface area (Å²) >= 11 is 0. The smallest absolute Gasteiger partial charge is 0.306 e. The zero-order chi connectivity index (χ0) is 13.9. The molecule has 1 aromatic rings. The van der Waals surface area contributed by atoms with E-state index in [1.807, 2.05) is 12.1 Å². The Hall–Kier alpha value is -2.11. The van der Waals surface area contributed by atoms with E-state index in [-0.39, 0.29) is 5.92 Å². The third kappa shape index (κ3) is 2.45. The molecular weight excluding hydrogens is 256 g/mol. The van der Waals surface area contributed by atoms with Crippen molar-refractivity contribution in [3.63, 3.8) is 0 Å². The molecule has 106 valence electrons. The number of carboxylic acids is 1. The Morgan fingerprint density at radius 2 is 2.20 bits per heavy atom. The van der Waals surface area contributed by atoms with E-state index < -0.39 is 5.97 Å². The van der Waals surface area contributed by atoms with Gasteiger partial charge in [0, 0.05) is 25.8 Å². The normalized spacial score (nSPS) is 19.6. The van der Waals surface area contributed by atoms with Crippen LogP contribution in [-0.4, -0.2) is 48.1 Å². The summed E-state index contributed by atoms with van der Waals surface area (Å²) in [4.78, 5) is 22.1. The van der Waals surface area contributed by atoms with Crippen molar-refractivity contribution in [3.8, 4) is 0 Å². The van der Waals surface area contributed by atoms with Gasteiger partial charge in [-0.3, -0.25) is 9.79 Å². The van der Waals surface area contributed by atoms with Gasteiger partial charge in [-0.1, -0.05) is 0 Å². The molecule has 1 aromatic heterocycles. The average molecular weight is 274 g/mol. The number of carboxylic acid groups (broad SMARTS) is 1. The number of aliphatic imine (C=N–C) groups is 1. The highest BCUT2D eigenvalue weighted by Gasteiger charge is 2.27. The molecule has 1 saturated heterocycles. The molecule has 2 N–H and O–H groups in total. The first-order valence-corrected chi connectivity index (χ1v) is 6.97. The Balaban J connectivity index is 1.79. The SMILES string of the molecule is O=C(O)C1CCN(c2ncccc2C2=NCCN2)CC1. The fourth-order valence-corrected chi connectivity index (χ4v) is 2.75. The quantitative estimate of drug-likeness (QED) is 0.849. The van der Waals surface area contributed by atoms with Gasteiger partial charge < -0.3 is 15.3 Å². The Labute approximate surface area is 117 Å². The number of amidine groups is 1. The van der Waals surface area contributed by atoms with E-state index in [1.165, 1.54) is 0 Å². The van der Waals surface area contributed by atoms with E-state index in [0.29, 0.717) is 12.8 Å². The molecule has 0 amide bonds. The molecule has 3 rings (SSSR count). The number of piperidine rings is 1. The molecule has 0 radical (unpaired) electrons. The molecule has 2 aliphatic heterocycles. The molecule has 3 heterocycles. The number of aromatic nitrogens is 1. The molecule has 0 aliphatic carbocycles. The summed E-state index contributed by atoms with van der Waals surface area (Å²) in [6.45, 7) is 3.12. The molecule has 2 aliphatic rings. The lowest BCUT2D eigenvalue weighted by atomic mass is 9.97. The van der Waals surface area contributed by atoms with Gasteiger partial charge in [0.1, 0.15) is 11.7 Å². The van der Waals surface area contributed by atoms with Crippen LogP contribution in [0.3, 0.4) is 0 Å². The molecule has 1 fully saturated rings. The Bertz CT molecular complexity index is 536. The van der Waals surface area contributed by atoms with Gasteiger partial charge in [0.15, 0.2) is 0 Å². The molecule has 6 nitrogen and oxygen atoms in total. The average Bonchev–Trinajstić information content (AvgIpc) is 3.01. The second-order valence-electron chi connectivity index (χ2n) is 5.13. The van der Waals surface area contributed by atoms with Crippen molar-refractivity contribution in [2.45, 2.75) is 12.8 Å². The van der Waals surface area contributed by atoms with Crippen LogP contribution in [0.5, 0.6) is 0 Å². The van der Waals surface area contributed by atoms with E-state index in [0.717, 1.165) is 43.4 Å². The zero-order valence-corrected chi connectivity index (χ0v) is 11.2. The number of hydrogen-bond acceptors (Lipinski definition) is 5. The van der Waals surface area contributed by atoms with Gasteiger partial charge in [0.25, 0.3) is 0 Å². The fraction of sp³-hybridized carbons (Fsp3) is 0.500. The van der Waals surface area contributed by atoms with Gasteiger partial charge in [-0.05, 0) is 25.0 Å². The third-order valence-electron chi connectivity index (χ3n) is 3.86. The molecule has 20 heavy (non-hydrogen) atoms. The number of aliphatic carboxylic acids is 1. The molecule has 0 bridgehead atoms. The van der Waals surface area contributed by atoms with Crippen LogP contribution in [0.25, 0.3) is 0 Å². The van der Waals surface area contributed by atoms with Crippen molar-refractivity contribution < 1.29 is 9.90 Å². The van der Waals surface area contributed by atoms with Crippen LogP contribution in [0.2, 0.25) is 0 Å². The van der Waals surface area contributed by atoms with Gasteiger partial charge in [0.2, 0.25) is 0 Å². The van der Waals surface area contributed by atoms with Gasteiger partial charge in [-0.25, -0.2) is 4.98 Å². The Morgan fingerprint density at radius 1 is 1.40 bits per heavy atom. The van der Waals surface area contributed by atoms with Crippen molar-refractivity contribution >= 4 is 17.6 Å². The lowest BCUT2D eigenvalue weighted by Crippen LogP contribution is -2.38. The second-order valence-corrected chi connectivity index (χ2v) is 5.13. The largest absolute Gasteiger partial charge is 0.481 e. The molecule has 0 atom stereocenters. The molecule has 0 aromatic carbocycles. The highest BCUT2D eigenvalue weighted by atomic mass is 16.4. The summed E-state index contributed by atoms with van der Waals surface area (Å²) < 4.78 is 0. The molecule has 0 spiro atoms. The first-order valence-electron chi connectivity index (χ1n) is 6.97. The highest BCUT2D eigenvalue weighted by Crippen LogP contribution is 2.25. The lowest BCUT2D eigenvalue weighted by Gasteiger charge is -2.32. The van der Waals surface area contributed by atoms with Gasteiger partial charge >= 0.3 is 5.97 Å². The Kier molecular flexibility index (Phi) is 3.54. The van der Waals surface area contributed by atoms with Crippen LogP contribution >= 0.6 is 0 Å². The summed E-state index contributed by atoms with van der Waals surface area (Å²) in [5, 5.41) is 12.3. The number of nitrogens with one attached hydrogen (secondary N) is 1. The Morgan fingerprint density at radius 3 is 2.85 bits per heavy atom. The van der Waals surface area contributed by atoms with Crippen LogP contribution in [-0.2, 0) is 4.79 Å². The number of anilines is 1. The van der Waals surface area contributed by atoms with Crippen molar-refractivity contribution in [2.75, 3.05) is 31.1 Å². The molecule has 0 saturated carbocycles. The minimum absolute atomic E-state index is 0.222. The number of nitrogens with zero attached hydrogens (tertiary/aromatic N) is 3. The predicted molar refractivity (Wildman–Crippen MR) is 76.2 cm³/mol. The monoisotopic (exact) mass is 274 g/mol. The van der Waals surface area contributed by atoms with Gasteiger partial charge in [0.05, 0.1) is 18.0 Å². The molecule has 0 unspecified atom stereocenters. The van der Waals surface area contributed by atoms with Crippen LogP contribution in [0.15, 0.2) is 23.3 Å². The van der Waals surface area contributed by atoms with E-state index >= 15 is 0 Å². The first kappa shape index (κ1) is 12.9. The predicted octanol–water partition coefficient (Wildman–Crippen LogP) is 0.732. The zero-order valence-electron chi connectivity index (χ0n) is 11.2. The van der Waals surface area contributed by atoms with Gasteiger partial charge in [-0.15, -0.1) is 0 Å². The summed E-state index contributed by atoms with van der Waals surface area (Å²) in [7, 11) is 0. The number of carbonyl (C=O) groups is 1. The number of hydrogen-bond donors (Lipinski definition) is 2. The first-order chi connectivity index (χ1) is 9.75. The highest BCUT2D eigenvalue weighted by molar-refractivity contribution is 6.03. The van der Waals surface area contributed by atoms with Crippen molar-refractivity contribution in [3.05, 3.63) is 23.9 Å². The second kappa shape index (κ2) is 5.48. The van der Waals surface area contributed by atoms with E-state index in [9.17, 15) is 4.79 Å².